The standard InChI is InChI=1S/C17H17NO4/c1-12(22-17(18)20)16(19)14-8-5-9-15(10-14)21-11-13-6-3-2-4-7-13/h2-10,12H,11H2,1H3,(H2,18,20)/t12-/m0/s1. The molecule has 0 bridgehead atoms. The summed E-state index contributed by atoms with van der Waals surface area (Å²) in [6.07, 6.45) is -1.90. The molecule has 0 aliphatic carbocycles. The Kier molecular flexibility index (Phi) is 5.14. The molecule has 0 radical (unpaired) electrons. The molecule has 2 rings (SSSR count). The summed E-state index contributed by atoms with van der Waals surface area (Å²) in [4.78, 5) is 22.8. The summed E-state index contributed by atoms with van der Waals surface area (Å²) in [7, 11) is 0. The van der Waals surface area contributed by atoms with Crippen molar-refractivity contribution in [1.82, 2.24) is 0 Å². The van der Waals surface area contributed by atoms with Crippen molar-refractivity contribution < 1.29 is 19.1 Å². The molecule has 0 heterocycles. The number of hydrogen-bond acceptors (Lipinski definition) is 4. The third-order valence-electron chi connectivity index (χ3n) is 3.03. The van der Waals surface area contributed by atoms with Crippen LogP contribution in [0.25, 0.3) is 0 Å². The second kappa shape index (κ2) is 7.26. The van der Waals surface area contributed by atoms with Crippen molar-refractivity contribution >= 4 is 11.9 Å². The molecular formula is C17H17NO4. The van der Waals surface area contributed by atoms with E-state index in [0.29, 0.717) is 17.9 Å². The molecule has 1 atom stereocenters. The van der Waals surface area contributed by atoms with Crippen LogP contribution in [0.5, 0.6) is 5.75 Å². The Morgan fingerprint density at radius 1 is 1.09 bits per heavy atom. The van der Waals surface area contributed by atoms with Gasteiger partial charge in [-0.05, 0) is 24.6 Å². The van der Waals surface area contributed by atoms with E-state index in [1.165, 1.54) is 6.92 Å². The first-order valence-corrected chi connectivity index (χ1v) is 6.83. The highest BCUT2D eigenvalue weighted by atomic mass is 16.6. The molecule has 0 fully saturated rings. The molecule has 2 aromatic carbocycles. The van der Waals surface area contributed by atoms with E-state index in [4.69, 9.17) is 10.5 Å². The van der Waals surface area contributed by atoms with Gasteiger partial charge in [-0.15, -0.1) is 0 Å². The molecule has 0 unspecified atom stereocenters. The minimum atomic E-state index is -0.975. The third-order valence-corrected chi connectivity index (χ3v) is 3.03. The zero-order valence-corrected chi connectivity index (χ0v) is 12.2. The fourth-order valence-corrected chi connectivity index (χ4v) is 1.94. The number of ketones is 1. The van der Waals surface area contributed by atoms with Gasteiger partial charge in [0.1, 0.15) is 12.4 Å². The molecule has 0 aromatic heterocycles. The molecule has 5 heteroatoms. The van der Waals surface area contributed by atoms with Crippen LogP contribution in [0.15, 0.2) is 54.6 Å². The fraction of sp³-hybridized carbons (Fsp3) is 0.176. The van der Waals surface area contributed by atoms with Crippen LogP contribution >= 0.6 is 0 Å². The van der Waals surface area contributed by atoms with Crippen molar-refractivity contribution in [3.8, 4) is 5.75 Å². The van der Waals surface area contributed by atoms with Gasteiger partial charge in [0, 0.05) is 5.56 Å². The van der Waals surface area contributed by atoms with Crippen LogP contribution in [0.3, 0.4) is 0 Å². The van der Waals surface area contributed by atoms with Crippen LogP contribution in [-0.4, -0.2) is 18.0 Å². The molecular weight excluding hydrogens is 282 g/mol. The molecule has 2 N–H and O–H groups in total. The normalized spacial score (nSPS) is 11.5. The van der Waals surface area contributed by atoms with E-state index in [9.17, 15) is 9.59 Å². The smallest absolute Gasteiger partial charge is 0.405 e. The Hall–Kier alpha value is -2.82. The fourth-order valence-electron chi connectivity index (χ4n) is 1.94. The van der Waals surface area contributed by atoms with Crippen LogP contribution in [-0.2, 0) is 11.3 Å². The quantitative estimate of drug-likeness (QED) is 0.832. The van der Waals surface area contributed by atoms with Crippen molar-refractivity contribution in [2.45, 2.75) is 19.6 Å². The molecule has 22 heavy (non-hydrogen) atoms. The van der Waals surface area contributed by atoms with Gasteiger partial charge >= 0.3 is 6.09 Å². The average molecular weight is 299 g/mol. The Morgan fingerprint density at radius 3 is 2.50 bits per heavy atom. The molecule has 2 aromatic rings. The number of carbonyl (C=O) groups is 2. The molecule has 0 aliphatic heterocycles. The van der Waals surface area contributed by atoms with Gasteiger partial charge < -0.3 is 15.2 Å². The zero-order valence-electron chi connectivity index (χ0n) is 12.2. The summed E-state index contributed by atoms with van der Waals surface area (Å²) in [6.45, 7) is 1.89. The number of rotatable bonds is 6. The second-order valence-corrected chi connectivity index (χ2v) is 4.75. The van der Waals surface area contributed by atoms with Crippen molar-refractivity contribution in [2.24, 2.45) is 5.73 Å². The van der Waals surface area contributed by atoms with E-state index in [2.05, 4.69) is 4.74 Å². The summed E-state index contributed by atoms with van der Waals surface area (Å²) in [5, 5.41) is 0. The van der Waals surface area contributed by atoms with E-state index < -0.39 is 12.2 Å². The summed E-state index contributed by atoms with van der Waals surface area (Å²) in [5.41, 5.74) is 6.35. The molecule has 0 saturated carbocycles. The van der Waals surface area contributed by atoms with Gasteiger partial charge in [0.05, 0.1) is 0 Å². The maximum absolute atomic E-state index is 12.1. The van der Waals surface area contributed by atoms with Crippen molar-refractivity contribution in [3.63, 3.8) is 0 Å². The van der Waals surface area contributed by atoms with E-state index in [-0.39, 0.29) is 5.78 Å². The summed E-state index contributed by atoms with van der Waals surface area (Å²) < 4.78 is 10.3. The minimum absolute atomic E-state index is 0.330. The Morgan fingerprint density at radius 2 is 1.82 bits per heavy atom. The lowest BCUT2D eigenvalue weighted by Crippen LogP contribution is -2.27. The maximum atomic E-state index is 12.1. The molecule has 0 aliphatic rings. The number of nitrogens with two attached hydrogens (primary N) is 1. The first-order chi connectivity index (χ1) is 10.6. The van der Waals surface area contributed by atoms with E-state index in [1.54, 1.807) is 24.3 Å². The number of hydrogen-bond donors (Lipinski definition) is 1. The lowest BCUT2D eigenvalue weighted by molar-refractivity contribution is 0.0695. The summed E-state index contributed by atoms with van der Waals surface area (Å²) in [6, 6.07) is 16.4. The topological polar surface area (TPSA) is 78.6 Å². The molecule has 0 spiro atoms. The third kappa shape index (κ3) is 4.34. The molecule has 114 valence electrons. The largest absolute Gasteiger partial charge is 0.489 e. The first kappa shape index (κ1) is 15.6. The lowest BCUT2D eigenvalue weighted by atomic mass is 10.1. The van der Waals surface area contributed by atoms with Gasteiger partial charge in [0.15, 0.2) is 6.10 Å². The van der Waals surface area contributed by atoms with Gasteiger partial charge in [0.25, 0.3) is 0 Å². The predicted molar refractivity (Wildman–Crippen MR) is 81.7 cm³/mol. The highest BCUT2D eigenvalue weighted by Crippen LogP contribution is 2.17. The average Bonchev–Trinajstić information content (AvgIpc) is 2.53. The van der Waals surface area contributed by atoms with E-state index in [0.717, 1.165) is 5.56 Å². The number of primary amides is 1. The van der Waals surface area contributed by atoms with Gasteiger partial charge in [-0.3, -0.25) is 4.79 Å². The number of Topliss-reactive ketones (excluding diaryl/α,β-unsaturated/α-hetero) is 1. The van der Waals surface area contributed by atoms with Gasteiger partial charge in [0.2, 0.25) is 5.78 Å². The highest BCUT2D eigenvalue weighted by molar-refractivity contribution is 6.00. The molecule has 1 amide bonds. The predicted octanol–water partition coefficient (Wildman–Crippen LogP) is 2.93. The van der Waals surface area contributed by atoms with E-state index >= 15 is 0 Å². The van der Waals surface area contributed by atoms with Gasteiger partial charge in [-0.1, -0.05) is 42.5 Å². The van der Waals surface area contributed by atoms with Crippen molar-refractivity contribution in [2.75, 3.05) is 0 Å². The van der Waals surface area contributed by atoms with Crippen molar-refractivity contribution in [3.05, 3.63) is 65.7 Å². The summed E-state index contributed by atoms with van der Waals surface area (Å²) >= 11 is 0. The Labute approximate surface area is 128 Å². The van der Waals surface area contributed by atoms with Gasteiger partial charge in [-0.25, -0.2) is 4.79 Å². The number of amides is 1. The monoisotopic (exact) mass is 299 g/mol. The van der Waals surface area contributed by atoms with Crippen LogP contribution < -0.4 is 10.5 Å². The second-order valence-electron chi connectivity index (χ2n) is 4.75. The molecule has 0 saturated heterocycles. The molecule has 5 nitrogen and oxygen atoms in total. The maximum Gasteiger partial charge on any atom is 0.405 e. The number of benzene rings is 2. The lowest BCUT2D eigenvalue weighted by Gasteiger charge is -2.11. The first-order valence-electron chi connectivity index (χ1n) is 6.83. The number of carbonyl (C=O) groups excluding carboxylic acids is 2. The highest BCUT2D eigenvalue weighted by Gasteiger charge is 2.18. The van der Waals surface area contributed by atoms with Crippen LogP contribution in [0.2, 0.25) is 0 Å². The Balaban J connectivity index is 2.03. The van der Waals surface area contributed by atoms with Crippen molar-refractivity contribution in [1.29, 1.82) is 0 Å². The van der Waals surface area contributed by atoms with Crippen LogP contribution in [0.1, 0.15) is 22.8 Å². The summed E-state index contributed by atoms with van der Waals surface area (Å²) in [5.74, 6) is 0.241. The minimum Gasteiger partial charge on any atom is -0.489 e. The van der Waals surface area contributed by atoms with Crippen LogP contribution in [0.4, 0.5) is 4.79 Å². The van der Waals surface area contributed by atoms with Crippen LogP contribution in [0, 0.1) is 0 Å². The number of ether oxygens (including phenoxy) is 2. The SMILES string of the molecule is C[C@H](OC(N)=O)C(=O)c1cccc(OCc2ccccc2)c1. The van der Waals surface area contributed by atoms with Gasteiger partial charge in [-0.2, -0.15) is 0 Å². The zero-order chi connectivity index (χ0) is 15.9. The van der Waals surface area contributed by atoms with E-state index in [1.807, 2.05) is 30.3 Å². The Bertz CT molecular complexity index is 655.